The molecule has 2 atom stereocenters. The van der Waals surface area contributed by atoms with E-state index in [-0.39, 0.29) is 12.5 Å². The van der Waals surface area contributed by atoms with Gasteiger partial charge in [0.25, 0.3) is 0 Å². The van der Waals surface area contributed by atoms with Crippen LogP contribution >= 0.6 is 0 Å². The first-order valence-electron chi connectivity index (χ1n) is 32.2. The zero-order valence-electron chi connectivity index (χ0n) is 47.2. The summed E-state index contributed by atoms with van der Waals surface area (Å²) in [5.74, 6) is -0.0208. The minimum atomic E-state index is -0.655. The molecule has 1 amide bonds. The van der Waals surface area contributed by atoms with Gasteiger partial charge in [-0.3, -0.25) is 4.79 Å². The second-order valence-electron chi connectivity index (χ2n) is 22.6. The molecule has 408 valence electrons. The van der Waals surface area contributed by atoms with Crippen LogP contribution in [0.1, 0.15) is 386 Å². The smallest absolute Gasteiger partial charge is 0.220 e. The van der Waals surface area contributed by atoms with Crippen molar-refractivity contribution in [2.45, 2.75) is 398 Å². The number of hydrogen-bond acceptors (Lipinski definition) is 3. The fourth-order valence-corrected chi connectivity index (χ4v) is 10.7. The van der Waals surface area contributed by atoms with E-state index in [1.807, 2.05) is 0 Å². The SMILES string of the molecule is CCCCCCCCCCCCCCCCCCCCCCCCCCCCCCCCCCCCCCCC(=O)NC(CO)C(O)CCCCCCCCCCCCCCCCCCCCC. The van der Waals surface area contributed by atoms with Gasteiger partial charge in [-0.15, -0.1) is 0 Å². The maximum atomic E-state index is 12.5. The molecular formula is C64H129NO3. The lowest BCUT2D eigenvalue weighted by Gasteiger charge is -2.22. The van der Waals surface area contributed by atoms with Crippen molar-refractivity contribution in [3.05, 3.63) is 0 Å². The van der Waals surface area contributed by atoms with Gasteiger partial charge in [0.15, 0.2) is 0 Å². The van der Waals surface area contributed by atoms with Gasteiger partial charge in [0.05, 0.1) is 18.8 Å². The molecule has 0 rings (SSSR count). The topological polar surface area (TPSA) is 69.6 Å². The summed E-state index contributed by atoms with van der Waals surface area (Å²) in [5, 5.41) is 23.4. The minimum Gasteiger partial charge on any atom is -0.394 e. The Balaban J connectivity index is 3.33. The number of unbranched alkanes of at least 4 members (excludes halogenated alkanes) is 54. The van der Waals surface area contributed by atoms with Crippen LogP contribution in [0, 0.1) is 0 Å². The first-order chi connectivity index (χ1) is 33.7. The molecule has 0 saturated heterocycles. The molecule has 4 nitrogen and oxygen atoms in total. The number of carbonyl (C=O) groups excluding carboxylic acids is 1. The van der Waals surface area contributed by atoms with Crippen molar-refractivity contribution in [3.8, 4) is 0 Å². The lowest BCUT2D eigenvalue weighted by atomic mass is 10.0. The van der Waals surface area contributed by atoms with Crippen LogP contribution in [-0.4, -0.2) is 34.9 Å². The van der Waals surface area contributed by atoms with Crippen molar-refractivity contribution < 1.29 is 15.0 Å². The lowest BCUT2D eigenvalue weighted by Crippen LogP contribution is -2.45. The maximum absolute atomic E-state index is 12.5. The van der Waals surface area contributed by atoms with Crippen LogP contribution < -0.4 is 5.32 Å². The van der Waals surface area contributed by atoms with E-state index in [1.165, 1.54) is 334 Å². The van der Waals surface area contributed by atoms with Gasteiger partial charge < -0.3 is 15.5 Å². The highest BCUT2D eigenvalue weighted by molar-refractivity contribution is 5.76. The molecule has 0 aromatic heterocycles. The van der Waals surface area contributed by atoms with Gasteiger partial charge in [-0.05, 0) is 12.8 Å². The van der Waals surface area contributed by atoms with Crippen LogP contribution in [-0.2, 0) is 4.79 Å². The van der Waals surface area contributed by atoms with Crippen molar-refractivity contribution >= 4 is 5.91 Å². The average Bonchev–Trinajstić information content (AvgIpc) is 3.34. The van der Waals surface area contributed by atoms with Crippen LogP contribution in [0.25, 0.3) is 0 Å². The number of aliphatic hydroxyl groups is 2. The van der Waals surface area contributed by atoms with E-state index in [0.717, 1.165) is 25.7 Å². The minimum absolute atomic E-state index is 0.0208. The Kier molecular flexibility index (Phi) is 60.1. The average molecular weight is 961 g/mol. The Bertz CT molecular complexity index is 910. The van der Waals surface area contributed by atoms with Crippen molar-refractivity contribution in [3.63, 3.8) is 0 Å². The third-order valence-corrected chi connectivity index (χ3v) is 15.6. The first-order valence-corrected chi connectivity index (χ1v) is 32.2. The molecule has 0 radical (unpaired) electrons. The van der Waals surface area contributed by atoms with E-state index in [2.05, 4.69) is 19.2 Å². The van der Waals surface area contributed by atoms with E-state index >= 15 is 0 Å². The highest BCUT2D eigenvalue weighted by Gasteiger charge is 2.20. The summed E-state index contributed by atoms with van der Waals surface area (Å²) in [6.45, 7) is 4.41. The van der Waals surface area contributed by atoms with E-state index in [4.69, 9.17) is 0 Å². The van der Waals surface area contributed by atoms with E-state index in [0.29, 0.717) is 12.8 Å². The van der Waals surface area contributed by atoms with Gasteiger partial charge in [-0.2, -0.15) is 0 Å². The standard InChI is InChI=1S/C64H129NO3/c1-3-5-7-9-11-13-15-17-19-21-23-24-25-26-27-28-29-30-31-32-33-34-35-36-37-38-39-40-42-44-46-48-50-52-54-56-58-60-64(68)65-62(61-66)63(67)59-57-55-53-51-49-47-45-43-41-22-20-18-16-14-12-10-8-6-4-2/h62-63,66-67H,3-61H2,1-2H3,(H,65,68). The van der Waals surface area contributed by atoms with Crippen LogP contribution in [0.4, 0.5) is 0 Å². The highest BCUT2D eigenvalue weighted by atomic mass is 16.3. The van der Waals surface area contributed by atoms with Gasteiger partial charge in [0.2, 0.25) is 5.91 Å². The first kappa shape index (κ1) is 67.4. The van der Waals surface area contributed by atoms with Crippen LogP contribution in [0.3, 0.4) is 0 Å². The van der Waals surface area contributed by atoms with E-state index < -0.39 is 12.1 Å². The molecule has 0 spiro atoms. The molecule has 0 aromatic carbocycles. The largest absolute Gasteiger partial charge is 0.394 e. The Hall–Kier alpha value is -0.610. The van der Waals surface area contributed by atoms with Gasteiger partial charge in [-0.1, -0.05) is 367 Å². The van der Waals surface area contributed by atoms with Crippen molar-refractivity contribution in [2.75, 3.05) is 6.61 Å². The van der Waals surface area contributed by atoms with Gasteiger partial charge in [0.1, 0.15) is 0 Å². The van der Waals surface area contributed by atoms with Crippen LogP contribution in [0.2, 0.25) is 0 Å². The molecule has 68 heavy (non-hydrogen) atoms. The molecule has 0 fully saturated rings. The number of carbonyl (C=O) groups is 1. The van der Waals surface area contributed by atoms with Crippen molar-refractivity contribution in [1.82, 2.24) is 5.32 Å². The van der Waals surface area contributed by atoms with Gasteiger partial charge in [-0.25, -0.2) is 0 Å². The van der Waals surface area contributed by atoms with E-state index in [9.17, 15) is 15.0 Å². The van der Waals surface area contributed by atoms with E-state index in [1.54, 1.807) is 0 Å². The summed E-state index contributed by atoms with van der Waals surface area (Å²) in [6.07, 6.45) is 78.6. The second kappa shape index (κ2) is 60.7. The predicted molar refractivity (Wildman–Crippen MR) is 304 cm³/mol. The molecule has 2 unspecified atom stereocenters. The monoisotopic (exact) mass is 960 g/mol. The maximum Gasteiger partial charge on any atom is 0.220 e. The molecule has 0 saturated carbocycles. The van der Waals surface area contributed by atoms with Crippen LogP contribution in [0.5, 0.6) is 0 Å². The lowest BCUT2D eigenvalue weighted by molar-refractivity contribution is -0.123. The number of hydrogen-bond donors (Lipinski definition) is 3. The summed E-state index contributed by atoms with van der Waals surface area (Å²) >= 11 is 0. The summed E-state index contributed by atoms with van der Waals surface area (Å²) in [6, 6.07) is -0.532. The summed E-state index contributed by atoms with van der Waals surface area (Å²) in [7, 11) is 0. The Morgan fingerprint density at radius 2 is 0.471 bits per heavy atom. The predicted octanol–water partition coefficient (Wildman–Crippen LogP) is 21.5. The normalized spacial score (nSPS) is 12.6. The molecule has 3 N–H and O–H groups in total. The zero-order chi connectivity index (χ0) is 49.2. The Morgan fingerprint density at radius 3 is 0.662 bits per heavy atom. The summed E-state index contributed by atoms with van der Waals surface area (Å²) in [4.78, 5) is 12.5. The van der Waals surface area contributed by atoms with Crippen molar-refractivity contribution in [2.24, 2.45) is 0 Å². The molecule has 0 aromatic rings. The molecule has 0 aliphatic rings. The molecular weight excluding hydrogens is 831 g/mol. The zero-order valence-corrected chi connectivity index (χ0v) is 47.2. The molecule has 4 heteroatoms. The van der Waals surface area contributed by atoms with Crippen molar-refractivity contribution in [1.29, 1.82) is 0 Å². The Morgan fingerprint density at radius 1 is 0.294 bits per heavy atom. The van der Waals surface area contributed by atoms with Gasteiger partial charge in [0, 0.05) is 6.42 Å². The number of rotatable bonds is 61. The molecule has 0 heterocycles. The quantitative estimate of drug-likeness (QED) is 0.0532. The number of nitrogens with one attached hydrogen (secondary N) is 1. The molecule has 0 aliphatic heterocycles. The summed E-state index contributed by atoms with van der Waals surface area (Å²) in [5.41, 5.74) is 0. The Labute approximate surface area is 429 Å². The second-order valence-corrected chi connectivity index (χ2v) is 22.6. The third kappa shape index (κ3) is 56.3. The van der Waals surface area contributed by atoms with Crippen LogP contribution in [0.15, 0.2) is 0 Å². The molecule has 0 aliphatic carbocycles. The fraction of sp³-hybridized carbons (Fsp3) is 0.984. The number of aliphatic hydroxyl groups excluding tert-OH is 2. The van der Waals surface area contributed by atoms with Gasteiger partial charge >= 0.3 is 0 Å². The number of amides is 1. The fourth-order valence-electron chi connectivity index (χ4n) is 10.7. The highest BCUT2D eigenvalue weighted by Crippen LogP contribution is 2.19. The molecule has 0 bridgehead atoms. The third-order valence-electron chi connectivity index (χ3n) is 15.6. The summed E-state index contributed by atoms with van der Waals surface area (Å²) < 4.78 is 0.